The number of aromatic nitrogens is 4. The van der Waals surface area contributed by atoms with Gasteiger partial charge >= 0.3 is 6.18 Å². The molecule has 2 aromatic carbocycles. The van der Waals surface area contributed by atoms with E-state index in [1.165, 1.54) is 11.3 Å². The first kappa shape index (κ1) is 36.7. The Labute approximate surface area is 296 Å². The molecule has 0 unspecified atom stereocenters. The van der Waals surface area contributed by atoms with Gasteiger partial charge in [-0.25, -0.2) is 4.98 Å². The summed E-state index contributed by atoms with van der Waals surface area (Å²) >= 11 is 14.6. The van der Waals surface area contributed by atoms with Crippen LogP contribution >= 0.6 is 34.5 Å². The summed E-state index contributed by atoms with van der Waals surface area (Å²) in [5.74, 6) is -1.67. The van der Waals surface area contributed by atoms with Crippen LogP contribution in [0.1, 0.15) is 75.3 Å². The number of carbonyl (C=O) groups excluding carboxylic acids is 2. The number of anilines is 4. The summed E-state index contributed by atoms with van der Waals surface area (Å²) in [6, 6.07) is 6.78. The lowest BCUT2D eigenvalue weighted by Crippen LogP contribution is -2.39. The van der Waals surface area contributed by atoms with Gasteiger partial charge in [0.15, 0.2) is 0 Å². The average Bonchev–Trinajstić information content (AvgIpc) is 3.61. The molecule has 1 aliphatic rings. The van der Waals surface area contributed by atoms with Crippen molar-refractivity contribution >= 4 is 79.8 Å². The molecule has 2 amide bonds. The lowest BCUT2D eigenvalue weighted by Gasteiger charge is -2.35. The second-order valence-corrected chi connectivity index (χ2v) is 16.0. The summed E-state index contributed by atoms with van der Waals surface area (Å²) in [5, 5.41) is 18.9. The molecule has 5 rings (SSSR count). The molecule has 0 aliphatic carbocycles. The van der Waals surface area contributed by atoms with E-state index in [2.05, 4.69) is 26.1 Å². The van der Waals surface area contributed by atoms with Crippen molar-refractivity contribution < 1.29 is 22.8 Å². The number of aryl methyl sites for hydroxylation is 1. The molecule has 4 aromatic rings. The maximum atomic E-state index is 13.8. The first-order valence-corrected chi connectivity index (χ1v) is 17.3. The molecule has 264 valence electrons. The van der Waals surface area contributed by atoms with Gasteiger partial charge in [-0.05, 0) is 36.6 Å². The van der Waals surface area contributed by atoms with Crippen LogP contribution in [-0.4, -0.2) is 50.8 Å². The number of hydrogen-bond acceptors (Lipinski definition) is 8. The van der Waals surface area contributed by atoms with Gasteiger partial charge in [-0.2, -0.15) is 13.2 Å². The second-order valence-electron chi connectivity index (χ2n) is 14.2. The Morgan fingerprint density at radius 3 is 2.29 bits per heavy atom. The number of hydrogen-bond donors (Lipinski definition) is 3. The SMILES string of the molecule is Cn1c(Nc2c(Cl)ccc(CNC(=O)C(C)(C)C)c2Cl)nc2cc(C(=O)Nc3nnc(C(C)(C)C)s3)c(N3CCC(C(F)(F)F)CC3)cc21. The molecule has 0 radical (unpaired) electrons. The molecule has 0 saturated carbocycles. The van der Waals surface area contributed by atoms with Gasteiger partial charge in [-0.1, -0.05) is 82.1 Å². The standard InChI is InChI=1S/C33H39Cl2F3N8O2S/c1-31(2,3)27(48)39-16-17-8-9-20(34)25(24(17)35)41-29-40-21-14-19(26(47)42-30-44-43-28(49-30)32(4,5)6)22(15-23(21)45(29)7)46-12-10-18(11-13-46)33(36,37)38/h8-9,14-15,18H,10-13,16H2,1-7H3,(H,39,48)(H,40,41)(H,42,44,47). The van der Waals surface area contributed by atoms with Gasteiger partial charge in [0.1, 0.15) is 5.01 Å². The second kappa shape index (κ2) is 13.6. The zero-order valence-corrected chi connectivity index (χ0v) is 30.6. The number of carbonyl (C=O) groups is 2. The number of nitrogens with one attached hydrogen (secondary N) is 3. The normalized spacial score (nSPS) is 14.7. The van der Waals surface area contributed by atoms with Crippen LogP contribution in [0.4, 0.5) is 35.6 Å². The van der Waals surface area contributed by atoms with E-state index in [0.717, 1.165) is 5.01 Å². The fraction of sp³-hybridized carbons (Fsp3) is 0.485. The summed E-state index contributed by atoms with van der Waals surface area (Å²) in [6.45, 7) is 11.8. The highest BCUT2D eigenvalue weighted by Crippen LogP contribution is 2.39. The van der Waals surface area contributed by atoms with Gasteiger partial charge < -0.3 is 20.1 Å². The Bertz CT molecular complexity index is 1890. The largest absolute Gasteiger partial charge is 0.391 e. The zero-order valence-electron chi connectivity index (χ0n) is 28.3. The molecule has 1 fully saturated rings. The third-order valence-corrected chi connectivity index (χ3v) is 10.4. The van der Waals surface area contributed by atoms with Gasteiger partial charge in [0.2, 0.25) is 17.0 Å². The molecule has 49 heavy (non-hydrogen) atoms. The van der Waals surface area contributed by atoms with Crippen LogP contribution in [-0.2, 0) is 23.8 Å². The van der Waals surface area contributed by atoms with Crippen molar-refractivity contribution in [3.8, 4) is 0 Å². The molecule has 3 heterocycles. The number of imidazole rings is 1. The highest BCUT2D eigenvalue weighted by molar-refractivity contribution is 7.15. The molecule has 0 atom stereocenters. The first-order chi connectivity index (χ1) is 22.7. The lowest BCUT2D eigenvalue weighted by atomic mass is 9.95. The number of fused-ring (bicyclic) bond motifs is 1. The molecule has 10 nitrogen and oxygen atoms in total. The van der Waals surface area contributed by atoms with E-state index < -0.39 is 23.4 Å². The summed E-state index contributed by atoms with van der Waals surface area (Å²) < 4.78 is 42.3. The number of halogens is 5. The van der Waals surface area contributed by atoms with Crippen LogP contribution in [0.2, 0.25) is 10.0 Å². The smallest absolute Gasteiger partial charge is 0.371 e. The third kappa shape index (κ3) is 8.07. The van der Waals surface area contributed by atoms with E-state index in [1.54, 1.807) is 40.8 Å². The van der Waals surface area contributed by atoms with Crippen molar-refractivity contribution in [3.05, 3.63) is 50.4 Å². The van der Waals surface area contributed by atoms with Gasteiger partial charge in [-0.15, -0.1) is 10.2 Å². The summed E-state index contributed by atoms with van der Waals surface area (Å²) in [4.78, 5) is 32.8. The fourth-order valence-electron chi connectivity index (χ4n) is 5.37. The van der Waals surface area contributed by atoms with Gasteiger partial charge in [0, 0.05) is 37.5 Å². The number of amides is 2. The number of rotatable bonds is 7. The van der Waals surface area contributed by atoms with Crippen LogP contribution in [0.25, 0.3) is 11.0 Å². The summed E-state index contributed by atoms with van der Waals surface area (Å²) in [5.41, 5.74) is 1.97. The van der Waals surface area contributed by atoms with Crippen molar-refractivity contribution in [2.24, 2.45) is 18.4 Å². The zero-order chi connectivity index (χ0) is 36.1. The van der Waals surface area contributed by atoms with E-state index in [4.69, 9.17) is 28.2 Å². The maximum Gasteiger partial charge on any atom is 0.391 e. The van der Waals surface area contributed by atoms with Crippen molar-refractivity contribution in [2.75, 3.05) is 28.6 Å². The monoisotopic (exact) mass is 738 g/mol. The van der Waals surface area contributed by atoms with Crippen molar-refractivity contribution in [1.29, 1.82) is 0 Å². The number of piperidine rings is 1. The molecular formula is C33H39Cl2F3N8O2S. The number of alkyl halides is 3. The van der Waals surface area contributed by atoms with E-state index in [0.29, 0.717) is 49.1 Å². The quantitative estimate of drug-likeness (QED) is 0.174. The maximum absolute atomic E-state index is 13.8. The molecular weight excluding hydrogens is 700 g/mol. The summed E-state index contributed by atoms with van der Waals surface area (Å²) in [7, 11) is 1.77. The van der Waals surface area contributed by atoms with E-state index >= 15 is 0 Å². The first-order valence-electron chi connectivity index (χ1n) is 15.7. The Balaban J connectivity index is 1.50. The predicted molar refractivity (Wildman–Crippen MR) is 189 cm³/mol. The van der Waals surface area contributed by atoms with Crippen LogP contribution < -0.4 is 20.9 Å². The van der Waals surface area contributed by atoms with Crippen molar-refractivity contribution in [1.82, 2.24) is 25.1 Å². The predicted octanol–water partition coefficient (Wildman–Crippen LogP) is 8.47. The molecule has 2 aromatic heterocycles. The van der Waals surface area contributed by atoms with E-state index in [-0.39, 0.29) is 49.4 Å². The number of benzene rings is 2. The molecule has 1 aliphatic heterocycles. The van der Waals surface area contributed by atoms with E-state index in [1.807, 2.05) is 41.5 Å². The van der Waals surface area contributed by atoms with Crippen LogP contribution in [0, 0.1) is 11.3 Å². The summed E-state index contributed by atoms with van der Waals surface area (Å²) in [6.07, 6.45) is -4.45. The topological polar surface area (TPSA) is 117 Å². The highest BCUT2D eigenvalue weighted by atomic mass is 35.5. The molecule has 3 N–H and O–H groups in total. The Hall–Kier alpha value is -3.62. The van der Waals surface area contributed by atoms with Crippen LogP contribution in [0.5, 0.6) is 0 Å². The average molecular weight is 740 g/mol. The fourth-order valence-corrected chi connectivity index (χ4v) is 6.70. The lowest BCUT2D eigenvalue weighted by molar-refractivity contribution is -0.179. The highest BCUT2D eigenvalue weighted by Gasteiger charge is 2.41. The van der Waals surface area contributed by atoms with Crippen molar-refractivity contribution in [3.63, 3.8) is 0 Å². The Kier molecular flexibility index (Phi) is 10.2. The minimum absolute atomic E-state index is 0.0876. The minimum Gasteiger partial charge on any atom is -0.371 e. The van der Waals surface area contributed by atoms with Gasteiger partial charge in [0.05, 0.1) is 43.9 Å². The van der Waals surface area contributed by atoms with Crippen LogP contribution in [0.15, 0.2) is 24.3 Å². The van der Waals surface area contributed by atoms with E-state index in [9.17, 15) is 22.8 Å². The van der Waals surface area contributed by atoms with Gasteiger partial charge in [0.25, 0.3) is 5.91 Å². The van der Waals surface area contributed by atoms with Crippen molar-refractivity contribution in [2.45, 2.75) is 72.5 Å². The molecule has 1 saturated heterocycles. The molecule has 0 bridgehead atoms. The Morgan fingerprint density at radius 2 is 1.69 bits per heavy atom. The van der Waals surface area contributed by atoms with Gasteiger partial charge in [-0.3, -0.25) is 14.9 Å². The molecule has 0 spiro atoms. The van der Waals surface area contributed by atoms with Crippen LogP contribution in [0.3, 0.4) is 0 Å². The number of nitrogens with zero attached hydrogens (tertiary/aromatic N) is 5. The minimum atomic E-state index is -4.28. The molecule has 16 heteroatoms. The Morgan fingerprint density at radius 1 is 1.02 bits per heavy atom. The third-order valence-electron chi connectivity index (χ3n) is 8.36.